The molecule has 10 heteroatoms. The van der Waals surface area contributed by atoms with Crippen LogP contribution in [-0.2, 0) is 17.5 Å². The van der Waals surface area contributed by atoms with Gasteiger partial charge in [-0.25, -0.2) is 0 Å². The summed E-state index contributed by atoms with van der Waals surface area (Å²) in [5.41, 5.74) is -1.12. The number of rotatable bonds is 7. The molecular weight excluding hydrogens is 483 g/mol. The Morgan fingerprint density at radius 3 is 2.49 bits per heavy atom. The normalized spacial score (nSPS) is 11.5. The summed E-state index contributed by atoms with van der Waals surface area (Å²) < 4.78 is 49.8. The number of amides is 1. The van der Waals surface area contributed by atoms with Crippen molar-refractivity contribution in [3.8, 4) is 5.75 Å². The summed E-state index contributed by atoms with van der Waals surface area (Å²) >= 11 is 5.91. The maximum Gasteiger partial charge on any atom is 0.432 e. The van der Waals surface area contributed by atoms with Crippen molar-refractivity contribution < 1.29 is 27.5 Å². The summed E-state index contributed by atoms with van der Waals surface area (Å²) in [6.07, 6.45) is -2.19. The van der Waals surface area contributed by atoms with Crippen molar-refractivity contribution in [2.45, 2.75) is 19.6 Å². The van der Waals surface area contributed by atoms with Crippen molar-refractivity contribution >= 4 is 39.9 Å². The number of carbonyl (C=O) groups is 2. The average molecular weight is 502 g/mol. The number of pyridine rings is 1. The third kappa shape index (κ3) is 5.14. The number of benzene rings is 2. The predicted molar refractivity (Wildman–Crippen MR) is 126 cm³/mol. The fraction of sp³-hybridized carbons (Fsp3) is 0.160. The molecule has 1 amide bonds. The van der Waals surface area contributed by atoms with Crippen molar-refractivity contribution in [3.05, 3.63) is 88.8 Å². The molecule has 180 valence electrons. The Balaban J connectivity index is 1.91. The Morgan fingerprint density at radius 1 is 1.11 bits per heavy atom. The Bertz CT molecular complexity index is 1380. The Hall–Kier alpha value is -3.85. The van der Waals surface area contributed by atoms with E-state index in [1.807, 2.05) is 0 Å². The van der Waals surface area contributed by atoms with Crippen LogP contribution in [0.2, 0.25) is 5.02 Å². The van der Waals surface area contributed by atoms with Crippen LogP contribution in [0.15, 0.2) is 67.0 Å². The molecule has 2 heterocycles. The number of fused-ring (bicyclic) bond motifs is 1. The highest BCUT2D eigenvalue weighted by Crippen LogP contribution is 2.40. The van der Waals surface area contributed by atoms with Crippen molar-refractivity contribution in [3.63, 3.8) is 0 Å². The Kier molecular flexibility index (Phi) is 6.79. The monoisotopic (exact) mass is 501 g/mol. The first-order chi connectivity index (χ1) is 16.7. The van der Waals surface area contributed by atoms with Gasteiger partial charge in [-0.1, -0.05) is 23.7 Å². The van der Waals surface area contributed by atoms with E-state index in [4.69, 9.17) is 16.3 Å². The van der Waals surface area contributed by atoms with E-state index in [2.05, 4.69) is 10.3 Å². The summed E-state index contributed by atoms with van der Waals surface area (Å²) in [4.78, 5) is 29.8. The summed E-state index contributed by atoms with van der Waals surface area (Å²) in [5.74, 6) is -2.26. The van der Waals surface area contributed by atoms with Crippen LogP contribution < -0.4 is 10.1 Å². The van der Waals surface area contributed by atoms with Gasteiger partial charge in [0.05, 0.1) is 24.1 Å². The van der Waals surface area contributed by atoms with Crippen molar-refractivity contribution in [1.29, 1.82) is 0 Å². The minimum absolute atomic E-state index is 0.0384. The van der Waals surface area contributed by atoms with Crippen LogP contribution in [0, 0.1) is 0 Å². The van der Waals surface area contributed by atoms with Crippen molar-refractivity contribution in [2.75, 3.05) is 11.9 Å². The molecule has 1 N–H and O–H groups in total. The van der Waals surface area contributed by atoms with E-state index in [9.17, 15) is 22.8 Å². The summed E-state index contributed by atoms with van der Waals surface area (Å²) in [5, 5.41) is 2.71. The fourth-order valence-corrected chi connectivity index (χ4v) is 3.92. The molecule has 0 spiro atoms. The highest BCUT2D eigenvalue weighted by Gasteiger charge is 2.42. The fourth-order valence-electron chi connectivity index (χ4n) is 3.79. The molecule has 2 aromatic carbocycles. The van der Waals surface area contributed by atoms with Gasteiger partial charge >= 0.3 is 6.18 Å². The van der Waals surface area contributed by atoms with E-state index in [-0.39, 0.29) is 35.5 Å². The molecule has 0 unspecified atom stereocenters. The molecule has 0 aliphatic carbocycles. The average Bonchev–Trinajstić information content (AvgIpc) is 3.14. The van der Waals surface area contributed by atoms with Crippen molar-refractivity contribution in [1.82, 2.24) is 9.55 Å². The van der Waals surface area contributed by atoms with Gasteiger partial charge in [-0.2, -0.15) is 13.2 Å². The van der Waals surface area contributed by atoms with E-state index < -0.39 is 29.1 Å². The number of hydrogen-bond donors (Lipinski definition) is 1. The molecule has 2 aromatic heterocycles. The van der Waals surface area contributed by atoms with Gasteiger partial charge in [-0.15, -0.1) is 0 Å². The number of Topliss-reactive ketones (excluding diaryl/α,β-unsaturated/α-hetero) is 1. The highest BCUT2D eigenvalue weighted by molar-refractivity contribution is 6.48. The maximum atomic E-state index is 14.4. The highest BCUT2D eigenvalue weighted by atomic mass is 35.5. The molecule has 0 aliphatic rings. The second kappa shape index (κ2) is 9.79. The molecule has 0 fully saturated rings. The van der Waals surface area contributed by atoms with Gasteiger partial charge in [-0.05, 0) is 55.0 Å². The number of nitrogens with one attached hydrogen (secondary N) is 1. The van der Waals surface area contributed by atoms with E-state index in [0.717, 1.165) is 4.57 Å². The largest absolute Gasteiger partial charge is 0.494 e. The smallest absolute Gasteiger partial charge is 0.432 e. The Morgan fingerprint density at radius 2 is 1.86 bits per heavy atom. The quantitative estimate of drug-likeness (QED) is 0.250. The number of halogens is 4. The second-order valence-corrected chi connectivity index (χ2v) is 8.01. The lowest BCUT2D eigenvalue weighted by atomic mass is 10.0. The zero-order chi connectivity index (χ0) is 25.2. The molecule has 6 nitrogen and oxygen atoms in total. The van der Waals surface area contributed by atoms with Crippen LogP contribution in [0.4, 0.5) is 18.9 Å². The third-order valence-electron chi connectivity index (χ3n) is 5.22. The van der Waals surface area contributed by atoms with Gasteiger partial charge in [-0.3, -0.25) is 14.6 Å². The summed E-state index contributed by atoms with van der Waals surface area (Å²) in [6.45, 7) is 1.80. The van der Waals surface area contributed by atoms with Gasteiger partial charge < -0.3 is 14.6 Å². The third-order valence-corrected chi connectivity index (χ3v) is 5.47. The number of ether oxygens (including phenoxy) is 1. The summed E-state index contributed by atoms with van der Waals surface area (Å²) in [6, 6.07) is 13.6. The second-order valence-electron chi connectivity index (χ2n) is 7.57. The molecule has 0 bridgehead atoms. The minimum atomic E-state index is -4.93. The van der Waals surface area contributed by atoms with Crippen LogP contribution in [0.5, 0.6) is 5.75 Å². The first-order valence-corrected chi connectivity index (χ1v) is 10.9. The van der Waals surface area contributed by atoms with Crippen LogP contribution in [0.3, 0.4) is 0 Å². The first kappa shape index (κ1) is 24.3. The van der Waals surface area contributed by atoms with E-state index >= 15 is 0 Å². The molecule has 35 heavy (non-hydrogen) atoms. The molecule has 0 saturated heterocycles. The number of hydrogen-bond acceptors (Lipinski definition) is 4. The topological polar surface area (TPSA) is 73.2 Å². The lowest BCUT2D eigenvalue weighted by Crippen LogP contribution is -2.26. The lowest BCUT2D eigenvalue weighted by Gasteiger charge is -2.15. The number of carbonyl (C=O) groups excluding carboxylic acids is 2. The van der Waals surface area contributed by atoms with Gasteiger partial charge in [0.15, 0.2) is 0 Å². The molecule has 0 radical (unpaired) electrons. The van der Waals surface area contributed by atoms with Gasteiger partial charge in [0.2, 0.25) is 0 Å². The molecule has 0 aliphatic heterocycles. The van der Waals surface area contributed by atoms with Gasteiger partial charge in [0.1, 0.15) is 11.4 Å². The van der Waals surface area contributed by atoms with Crippen LogP contribution in [0.25, 0.3) is 10.9 Å². The zero-order valence-electron chi connectivity index (χ0n) is 18.4. The summed E-state index contributed by atoms with van der Waals surface area (Å²) in [7, 11) is 0. The van der Waals surface area contributed by atoms with E-state index in [0.29, 0.717) is 10.6 Å². The SMILES string of the molecule is CCOc1ccc2c(c1)c(C(=O)C(=O)Nc1cccnc1)c(C(F)(F)F)n2Cc1ccc(Cl)cc1. The maximum absolute atomic E-state index is 14.4. The number of anilines is 1. The lowest BCUT2D eigenvalue weighted by molar-refractivity contribution is -0.143. The predicted octanol–water partition coefficient (Wildman–Crippen LogP) is 5.98. The number of alkyl halides is 3. The number of aromatic nitrogens is 2. The van der Waals surface area contributed by atoms with Gasteiger partial charge in [0.25, 0.3) is 11.7 Å². The van der Waals surface area contributed by atoms with E-state index in [1.54, 1.807) is 31.2 Å². The Labute approximate surface area is 203 Å². The molecule has 4 rings (SSSR count). The number of nitrogens with zero attached hydrogens (tertiary/aromatic N) is 2. The molecule has 4 aromatic rings. The van der Waals surface area contributed by atoms with Crippen molar-refractivity contribution in [2.24, 2.45) is 0 Å². The van der Waals surface area contributed by atoms with Crippen LogP contribution >= 0.6 is 11.6 Å². The van der Waals surface area contributed by atoms with Crippen LogP contribution in [0.1, 0.15) is 28.5 Å². The van der Waals surface area contributed by atoms with E-state index in [1.165, 1.54) is 42.7 Å². The first-order valence-electron chi connectivity index (χ1n) is 10.6. The molecular formula is C25H19ClF3N3O3. The standard InChI is InChI=1S/C25H19ClF3N3O3/c1-2-35-18-9-10-20-19(12-18)21(22(33)24(34)31-17-4-3-11-30-13-17)23(25(27,28)29)32(20)14-15-5-7-16(26)8-6-15/h3-13H,2,14H2,1H3,(H,31,34). The molecule has 0 saturated carbocycles. The zero-order valence-corrected chi connectivity index (χ0v) is 19.2. The van der Waals surface area contributed by atoms with Crippen LogP contribution in [-0.4, -0.2) is 27.8 Å². The minimum Gasteiger partial charge on any atom is -0.494 e. The molecule has 0 atom stereocenters. The van der Waals surface area contributed by atoms with Gasteiger partial charge in [0, 0.05) is 28.7 Å². The number of ketones is 1.